The van der Waals surface area contributed by atoms with Crippen molar-refractivity contribution < 1.29 is 0 Å². The first-order chi connectivity index (χ1) is 9.82. The molecule has 0 radical (unpaired) electrons. The highest BCUT2D eigenvalue weighted by atomic mass is 32.1. The van der Waals surface area contributed by atoms with E-state index in [1.165, 1.54) is 22.1 Å². The fourth-order valence-electron chi connectivity index (χ4n) is 2.94. The number of rotatable bonds is 6. The van der Waals surface area contributed by atoms with E-state index in [1.54, 1.807) is 0 Å². The number of thiazole rings is 1. The van der Waals surface area contributed by atoms with Gasteiger partial charge in [0.05, 0.1) is 5.69 Å². The van der Waals surface area contributed by atoms with Crippen molar-refractivity contribution in [2.24, 2.45) is 5.41 Å². The molecule has 1 atom stereocenters. The lowest BCUT2D eigenvalue weighted by Gasteiger charge is -2.34. The van der Waals surface area contributed by atoms with Gasteiger partial charge in [-0.1, -0.05) is 32.1 Å². The second-order valence-corrected chi connectivity index (χ2v) is 8.20. The van der Waals surface area contributed by atoms with Crippen LogP contribution in [0, 0.1) is 5.41 Å². The van der Waals surface area contributed by atoms with Crippen molar-refractivity contribution in [1.29, 1.82) is 0 Å². The topological polar surface area (TPSA) is 31.4 Å². The van der Waals surface area contributed by atoms with Crippen LogP contribution in [0.1, 0.15) is 43.8 Å². The number of aromatic nitrogens is 1. The third kappa shape index (κ3) is 4.18. The van der Waals surface area contributed by atoms with Gasteiger partial charge in [-0.05, 0) is 38.9 Å². The van der Waals surface area contributed by atoms with E-state index in [0.717, 1.165) is 26.1 Å². The molecule has 0 spiro atoms. The predicted molar refractivity (Wildman–Crippen MR) is 92.5 cm³/mol. The van der Waals surface area contributed by atoms with E-state index in [2.05, 4.69) is 57.0 Å². The summed E-state index contributed by atoms with van der Waals surface area (Å²) in [6, 6.07) is 0.474. The molecule has 0 saturated heterocycles. The lowest BCUT2D eigenvalue weighted by atomic mass is 9.76. The molecule has 4 nitrogen and oxygen atoms in total. The van der Waals surface area contributed by atoms with Gasteiger partial charge in [0.2, 0.25) is 0 Å². The summed E-state index contributed by atoms with van der Waals surface area (Å²) < 4.78 is 0. The van der Waals surface area contributed by atoms with Crippen molar-refractivity contribution in [3.05, 3.63) is 10.6 Å². The van der Waals surface area contributed by atoms with Gasteiger partial charge in [-0.15, -0.1) is 0 Å². The monoisotopic (exact) mass is 310 g/mol. The minimum atomic E-state index is 0.341. The third-order valence-corrected chi connectivity index (χ3v) is 5.42. The highest BCUT2D eigenvalue weighted by Gasteiger charge is 2.35. The number of hydrogen-bond acceptors (Lipinski definition) is 5. The average Bonchev–Trinajstić information content (AvgIpc) is 2.78. The van der Waals surface area contributed by atoms with Crippen LogP contribution in [-0.4, -0.2) is 50.7 Å². The second kappa shape index (κ2) is 6.63. The molecule has 21 heavy (non-hydrogen) atoms. The van der Waals surface area contributed by atoms with Crippen LogP contribution in [0.25, 0.3) is 0 Å². The molecule has 0 bridgehead atoms. The van der Waals surface area contributed by atoms with E-state index in [4.69, 9.17) is 4.98 Å². The summed E-state index contributed by atoms with van der Waals surface area (Å²) in [4.78, 5) is 10.9. The van der Waals surface area contributed by atoms with Gasteiger partial charge >= 0.3 is 0 Å². The van der Waals surface area contributed by atoms with Crippen LogP contribution in [0.5, 0.6) is 0 Å². The van der Waals surface area contributed by atoms with Crippen molar-refractivity contribution in [3.8, 4) is 0 Å². The van der Waals surface area contributed by atoms with Crippen LogP contribution in [-0.2, 0) is 6.42 Å². The lowest BCUT2D eigenvalue weighted by Crippen LogP contribution is -2.32. The zero-order chi connectivity index (χ0) is 15.6. The average molecular weight is 311 g/mol. The van der Waals surface area contributed by atoms with Gasteiger partial charge in [0, 0.05) is 31.1 Å². The van der Waals surface area contributed by atoms with E-state index in [0.29, 0.717) is 11.5 Å². The maximum Gasteiger partial charge on any atom is 0.185 e. The standard InChI is InChI=1S/C16H30N4S/c1-7-17-12-10-16(2,3)11-13-14(12)21-15(18-13)20(6)9-8-19(4)5/h12,17H,7-11H2,1-6H3. The molecule has 0 amide bonds. The first kappa shape index (κ1) is 16.7. The smallest absolute Gasteiger partial charge is 0.185 e. The van der Waals surface area contributed by atoms with E-state index in [9.17, 15) is 0 Å². The Kier molecular flexibility index (Phi) is 5.28. The van der Waals surface area contributed by atoms with Crippen molar-refractivity contribution in [1.82, 2.24) is 15.2 Å². The Morgan fingerprint density at radius 3 is 2.62 bits per heavy atom. The molecular weight excluding hydrogens is 280 g/mol. The molecular formula is C16H30N4S. The van der Waals surface area contributed by atoms with Gasteiger partial charge in [-0.25, -0.2) is 4.98 Å². The van der Waals surface area contributed by atoms with Crippen molar-refractivity contribution >= 4 is 16.5 Å². The molecule has 1 aromatic rings. The van der Waals surface area contributed by atoms with Gasteiger partial charge in [0.25, 0.3) is 0 Å². The van der Waals surface area contributed by atoms with Crippen LogP contribution < -0.4 is 10.2 Å². The Balaban J connectivity index is 2.18. The molecule has 0 aliphatic heterocycles. The fraction of sp³-hybridized carbons (Fsp3) is 0.812. The molecule has 1 aliphatic rings. The zero-order valence-electron chi connectivity index (χ0n) is 14.4. The summed E-state index contributed by atoms with van der Waals surface area (Å²) in [5, 5.41) is 4.81. The van der Waals surface area contributed by atoms with Crippen LogP contribution >= 0.6 is 11.3 Å². The zero-order valence-corrected chi connectivity index (χ0v) is 15.2. The maximum atomic E-state index is 4.94. The SMILES string of the molecule is CCNC1CC(C)(C)Cc2nc(N(C)CCN(C)C)sc21. The van der Waals surface area contributed by atoms with E-state index in [1.807, 2.05) is 11.3 Å². The van der Waals surface area contributed by atoms with Crippen molar-refractivity contribution in [3.63, 3.8) is 0 Å². The second-order valence-electron chi connectivity index (χ2n) is 7.19. The normalized spacial score (nSPS) is 20.6. The molecule has 1 unspecified atom stereocenters. The molecule has 1 N–H and O–H groups in total. The Bertz CT molecular complexity index is 467. The summed E-state index contributed by atoms with van der Waals surface area (Å²) >= 11 is 1.88. The molecule has 0 aromatic carbocycles. The van der Waals surface area contributed by atoms with E-state index < -0.39 is 0 Å². The Morgan fingerprint density at radius 2 is 2.00 bits per heavy atom. The largest absolute Gasteiger partial charge is 0.350 e. The Labute approximate surface area is 133 Å². The Hall–Kier alpha value is -0.650. The number of anilines is 1. The van der Waals surface area contributed by atoms with Gasteiger partial charge in [0.15, 0.2) is 5.13 Å². The highest BCUT2D eigenvalue weighted by Crippen LogP contribution is 2.44. The maximum absolute atomic E-state index is 4.94. The molecule has 1 aliphatic carbocycles. The lowest BCUT2D eigenvalue weighted by molar-refractivity contribution is 0.260. The van der Waals surface area contributed by atoms with Crippen LogP contribution in [0.2, 0.25) is 0 Å². The first-order valence-electron chi connectivity index (χ1n) is 7.91. The Morgan fingerprint density at radius 1 is 1.29 bits per heavy atom. The fourth-order valence-corrected chi connectivity index (χ4v) is 4.08. The van der Waals surface area contributed by atoms with E-state index in [-0.39, 0.29) is 0 Å². The molecule has 1 aromatic heterocycles. The predicted octanol–water partition coefficient (Wildman–Crippen LogP) is 2.76. The first-order valence-corrected chi connectivity index (χ1v) is 8.73. The molecule has 1 heterocycles. The summed E-state index contributed by atoms with van der Waals surface area (Å²) in [6.45, 7) is 10.00. The number of fused-ring (bicyclic) bond motifs is 1. The van der Waals surface area contributed by atoms with Gasteiger partial charge in [0.1, 0.15) is 0 Å². The number of nitrogens with one attached hydrogen (secondary N) is 1. The summed E-state index contributed by atoms with van der Waals surface area (Å²) in [7, 11) is 6.38. The molecule has 0 saturated carbocycles. The summed E-state index contributed by atoms with van der Waals surface area (Å²) in [5.74, 6) is 0. The summed E-state index contributed by atoms with van der Waals surface area (Å²) in [5.41, 5.74) is 1.65. The quantitative estimate of drug-likeness (QED) is 0.875. The van der Waals surface area contributed by atoms with Gasteiger partial charge in [-0.3, -0.25) is 0 Å². The van der Waals surface area contributed by atoms with E-state index >= 15 is 0 Å². The molecule has 0 fully saturated rings. The van der Waals surface area contributed by atoms with Gasteiger partial charge < -0.3 is 15.1 Å². The molecule has 2 rings (SSSR count). The minimum absolute atomic E-state index is 0.341. The van der Waals surface area contributed by atoms with Crippen LogP contribution in [0.15, 0.2) is 0 Å². The van der Waals surface area contributed by atoms with Gasteiger partial charge in [-0.2, -0.15) is 0 Å². The molecule has 120 valence electrons. The minimum Gasteiger partial charge on any atom is -0.350 e. The number of nitrogens with zero attached hydrogens (tertiary/aromatic N) is 3. The number of hydrogen-bond donors (Lipinski definition) is 1. The number of likely N-dealkylation sites (N-methyl/N-ethyl adjacent to an activating group) is 2. The summed E-state index contributed by atoms with van der Waals surface area (Å²) in [6.07, 6.45) is 2.30. The van der Waals surface area contributed by atoms with Crippen LogP contribution in [0.3, 0.4) is 0 Å². The molecule has 5 heteroatoms. The van der Waals surface area contributed by atoms with Crippen LogP contribution in [0.4, 0.5) is 5.13 Å². The van der Waals surface area contributed by atoms with Crippen molar-refractivity contribution in [2.75, 3.05) is 45.7 Å². The highest BCUT2D eigenvalue weighted by molar-refractivity contribution is 7.15. The van der Waals surface area contributed by atoms with Crippen molar-refractivity contribution in [2.45, 2.75) is 39.7 Å². The third-order valence-electron chi connectivity index (χ3n) is 4.10.